The van der Waals surface area contributed by atoms with Crippen molar-refractivity contribution < 1.29 is 0 Å². The predicted octanol–water partition coefficient (Wildman–Crippen LogP) is 3.47. The van der Waals surface area contributed by atoms with Gasteiger partial charge in [0.2, 0.25) is 5.39 Å². The molecule has 0 bridgehead atoms. The van der Waals surface area contributed by atoms with E-state index in [0.29, 0.717) is 5.69 Å². The van der Waals surface area contributed by atoms with Crippen LogP contribution in [-0.4, -0.2) is 13.1 Å². The second-order valence-electron chi connectivity index (χ2n) is 4.12. The number of benzene rings is 1. The van der Waals surface area contributed by atoms with Crippen molar-refractivity contribution in [3.63, 3.8) is 0 Å². The zero-order valence-corrected chi connectivity index (χ0v) is 9.11. The van der Waals surface area contributed by atoms with Crippen LogP contribution in [0.25, 0.3) is 4.98 Å². The van der Waals surface area contributed by atoms with Crippen LogP contribution in [0.3, 0.4) is 0 Å². The SMILES string of the molecule is Cc1cc(N2CCCCC2)ccc1[N+]#N. The Morgan fingerprint density at radius 3 is 2.53 bits per heavy atom. The monoisotopic (exact) mass is 202 g/mol. The molecule has 3 heteroatoms. The van der Waals surface area contributed by atoms with Gasteiger partial charge in [0.15, 0.2) is 4.98 Å². The van der Waals surface area contributed by atoms with Gasteiger partial charge in [-0.2, -0.15) is 0 Å². The molecule has 15 heavy (non-hydrogen) atoms. The van der Waals surface area contributed by atoms with Gasteiger partial charge in [-0.3, -0.25) is 0 Å². The first-order chi connectivity index (χ1) is 7.31. The van der Waals surface area contributed by atoms with E-state index in [-0.39, 0.29) is 0 Å². The Balaban J connectivity index is 2.22. The topological polar surface area (TPSA) is 31.4 Å². The molecular formula is C12H16N3+. The fourth-order valence-corrected chi connectivity index (χ4v) is 2.10. The standard InChI is InChI=1S/C12H16N3/c1-10-9-11(5-6-12(10)14-13)15-7-3-2-4-8-15/h5-6,9H,2-4,7-8H2,1H3/q+1. The largest absolute Gasteiger partial charge is 0.388 e. The lowest BCUT2D eigenvalue weighted by atomic mass is 10.1. The molecule has 0 radical (unpaired) electrons. The molecule has 0 atom stereocenters. The van der Waals surface area contributed by atoms with Crippen LogP contribution in [0.1, 0.15) is 24.8 Å². The minimum absolute atomic E-state index is 0.663. The van der Waals surface area contributed by atoms with Crippen LogP contribution < -0.4 is 4.90 Å². The summed E-state index contributed by atoms with van der Waals surface area (Å²) in [6.45, 7) is 4.27. The molecule has 0 N–H and O–H groups in total. The van der Waals surface area contributed by atoms with Gasteiger partial charge in [0.1, 0.15) is 0 Å². The summed E-state index contributed by atoms with van der Waals surface area (Å²) < 4.78 is 0. The third kappa shape index (κ3) is 2.10. The summed E-state index contributed by atoms with van der Waals surface area (Å²) in [5.74, 6) is 0. The highest BCUT2D eigenvalue weighted by Crippen LogP contribution is 2.26. The molecule has 1 fully saturated rings. The van der Waals surface area contributed by atoms with E-state index in [1.54, 1.807) is 0 Å². The summed E-state index contributed by atoms with van der Waals surface area (Å²) in [6, 6.07) is 6.01. The molecule has 3 nitrogen and oxygen atoms in total. The molecule has 1 aromatic carbocycles. The van der Waals surface area contributed by atoms with Crippen molar-refractivity contribution in [3.05, 3.63) is 28.7 Å². The fraction of sp³-hybridized carbons (Fsp3) is 0.500. The van der Waals surface area contributed by atoms with E-state index in [1.165, 1.54) is 24.9 Å². The maximum atomic E-state index is 8.73. The number of piperidine rings is 1. The minimum atomic E-state index is 0.663. The number of hydrogen-bond acceptors (Lipinski definition) is 2. The Morgan fingerprint density at radius 1 is 1.20 bits per heavy atom. The van der Waals surface area contributed by atoms with Gasteiger partial charge in [-0.05, 0) is 38.3 Å². The third-order valence-corrected chi connectivity index (χ3v) is 3.01. The molecule has 0 aliphatic carbocycles. The summed E-state index contributed by atoms with van der Waals surface area (Å²) in [5.41, 5.74) is 2.94. The Bertz CT molecular complexity index is 386. The Hall–Kier alpha value is -1.56. The van der Waals surface area contributed by atoms with Crippen molar-refractivity contribution in [3.8, 4) is 0 Å². The van der Waals surface area contributed by atoms with Crippen LogP contribution in [0.4, 0.5) is 11.4 Å². The smallest absolute Gasteiger partial charge is 0.372 e. The van der Waals surface area contributed by atoms with Crippen molar-refractivity contribution in [2.24, 2.45) is 0 Å². The van der Waals surface area contributed by atoms with Crippen LogP contribution in [0.15, 0.2) is 18.2 Å². The lowest BCUT2D eigenvalue weighted by molar-refractivity contribution is 0.578. The maximum absolute atomic E-state index is 8.73. The molecule has 0 unspecified atom stereocenters. The molecule has 1 heterocycles. The van der Waals surface area contributed by atoms with Crippen LogP contribution in [0, 0.1) is 12.3 Å². The van der Waals surface area contributed by atoms with E-state index >= 15 is 0 Å². The van der Waals surface area contributed by atoms with Crippen molar-refractivity contribution in [2.75, 3.05) is 18.0 Å². The van der Waals surface area contributed by atoms with E-state index < -0.39 is 0 Å². The summed E-state index contributed by atoms with van der Waals surface area (Å²) in [4.78, 5) is 5.64. The van der Waals surface area contributed by atoms with Gasteiger partial charge in [0.25, 0.3) is 0 Å². The summed E-state index contributed by atoms with van der Waals surface area (Å²) >= 11 is 0. The Kier molecular flexibility index (Phi) is 2.86. The highest BCUT2D eigenvalue weighted by Gasteiger charge is 2.15. The number of diazo groups is 1. The quantitative estimate of drug-likeness (QED) is 0.653. The summed E-state index contributed by atoms with van der Waals surface area (Å²) in [7, 11) is 0. The van der Waals surface area contributed by atoms with Crippen molar-refractivity contribution in [1.29, 1.82) is 5.39 Å². The second-order valence-corrected chi connectivity index (χ2v) is 4.12. The molecule has 0 saturated carbocycles. The highest BCUT2D eigenvalue weighted by atomic mass is 15.1. The molecule has 0 spiro atoms. The second kappa shape index (κ2) is 4.31. The molecule has 1 saturated heterocycles. The normalized spacial score (nSPS) is 16.1. The number of anilines is 1. The molecule has 1 aliphatic heterocycles. The Labute approximate surface area is 90.3 Å². The van der Waals surface area contributed by atoms with E-state index in [1.807, 2.05) is 19.1 Å². The van der Waals surface area contributed by atoms with Gasteiger partial charge in [0.05, 0.1) is 0 Å². The fourth-order valence-electron chi connectivity index (χ4n) is 2.10. The number of nitrogens with zero attached hydrogens (tertiary/aromatic N) is 3. The third-order valence-electron chi connectivity index (χ3n) is 3.01. The highest BCUT2D eigenvalue weighted by molar-refractivity contribution is 5.60. The van der Waals surface area contributed by atoms with E-state index in [2.05, 4.69) is 15.9 Å². The van der Waals surface area contributed by atoms with E-state index in [0.717, 1.165) is 18.7 Å². The van der Waals surface area contributed by atoms with Crippen molar-refractivity contribution in [1.82, 2.24) is 0 Å². The molecule has 2 rings (SSSR count). The Morgan fingerprint density at radius 2 is 1.93 bits per heavy atom. The number of hydrogen-bond donors (Lipinski definition) is 0. The molecular weight excluding hydrogens is 186 g/mol. The minimum Gasteiger partial charge on any atom is -0.372 e. The molecule has 1 aromatic rings. The first-order valence-electron chi connectivity index (χ1n) is 5.52. The average Bonchev–Trinajstić information content (AvgIpc) is 2.30. The van der Waals surface area contributed by atoms with Gasteiger partial charge in [-0.1, -0.05) is 0 Å². The number of aryl methyl sites for hydroxylation is 1. The molecule has 1 aliphatic rings. The van der Waals surface area contributed by atoms with E-state index in [4.69, 9.17) is 5.39 Å². The van der Waals surface area contributed by atoms with Crippen LogP contribution in [0.5, 0.6) is 0 Å². The van der Waals surface area contributed by atoms with Gasteiger partial charge < -0.3 is 4.90 Å². The van der Waals surface area contributed by atoms with Crippen molar-refractivity contribution >= 4 is 11.4 Å². The zero-order valence-electron chi connectivity index (χ0n) is 9.11. The van der Waals surface area contributed by atoms with E-state index in [9.17, 15) is 0 Å². The van der Waals surface area contributed by atoms with Gasteiger partial charge in [-0.25, -0.2) is 0 Å². The first-order valence-corrected chi connectivity index (χ1v) is 5.52. The lowest BCUT2D eigenvalue weighted by Crippen LogP contribution is -2.29. The lowest BCUT2D eigenvalue weighted by Gasteiger charge is -2.28. The summed E-state index contributed by atoms with van der Waals surface area (Å²) in [6.07, 6.45) is 3.91. The van der Waals surface area contributed by atoms with Gasteiger partial charge >= 0.3 is 5.69 Å². The average molecular weight is 202 g/mol. The summed E-state index contributed by atoms with van der Waals surface area (Å²) in [5, 5.41) is 8.73. The van der Waals surface area contributed by atoms with Crippen molar-refractivity contribution in [2.45, 2.75) is 26.2 Å². The van der Waals surface area contributed by atoms with Crippen LogP contribution in [0.2, 0.25) is 0 Å². The first kappa shape index (κ1) is 9.97. The van der Waals surface area contributed by atoms with Crippen LogP contribution >= 0.6 is 0 Å². The molecule has 78 valence electrons. The zero-order chi connectivity index (χ0) is 10.7. The predicted molar refractivity (Wildman–Crippen MR) is 62.0 cm³/mol. The molecule has 0 aromatic heterocycles. The van der Waals surface area contributed by atoms with Gasteiger partial charge in [0, 0.05) is 30.4 Å². The van der Waals surface area contributed by atoms with Gasteiger partial charge in [-0.15, -0.1) is 0 Å². The van der Waals surface area contributed by atoms with Crippen LogP contribution in [-0.2, 0) is 0 Å². The maximum Gasteiger partial charge on any atom is 0.388 e. The number of rotatable bonds is 1. The molecule has 0 amide bonds.